The van der Waals surface area contributed by atoms with Gasteiger partial charge in [0.1, 0.15) is 17.1 Å². The Hall–Kier alpha value is -1.84. The Labute approximate surface area is 120 Å². The summed E-state index contributed by atoms with van der Waals surface area (Å²) in [7, 11) is 0. The molecule has 0 fully saturated rings. The van der Waals surface area contributed by atoms with Crippen LogP contribution in [0.1, 0.15) is 41.8 Å². The number of rotatable bonds is 4. The van der Waals surface area contributed by atoms with Gasteiger partial charge >= 0.3 is 47.5 Å². The molecule has 0 aliphatic heterocycles. The number of aromatic carboxylic acids is 4. The molecule has 3 N–H and O–H groups in total. The minimum absolute atomic E-state index is 0. The van der Waals surface area contributed by atoms with Gasteiger partial charge in [-0.15, -0.1) is 0 Å². The first-order chi connectivity index (χ1) is 7.77. The summed E-state index contributed by atoms with van der Waals surface area (Å²) in [5.41, 5.74) is -2.51. The molecule has 1 aromatic rings. The maximum absolute atomic E-state index is 10.7. The van der Waals surface area contributed by atoms with Gasteiger partial charge in [-0.05, 0) is 0 Å². The third kappa shape index (κ3) is 2.70. The van der Waals surface area contributed by atoms with Gasteiger partial charge in [0, 0.05) is 0 Å². The average Bonchev–Trinajstić information content (AvgIpc) is 2.56. The molecule has 0 amide bonds. The van der Waals surface area contributed by atoms with Crippen LogP contribution >= 0.6 is 0 Å². The third-order valence-corrected chi connectivity index (χ3v) is 1.72. The first-order valence-corrected chi connectivity index (χ1v) is 3.85. The molecule has 0 aromatic carbocycles. The molecule has 0 spiro atoms. The smallest absolute Gasteiger partial charge is 0.542 e. The molecule has 10 heteroatoms. The zero-order valence-corrected chi connectivity index (χ0v) is 10.8. The van der Waals surface area contributed by atoms with Crippen LogP contribution in [0.5, 0.6) is 0 Å². The average molecular weight is 266 g/mol. The van der Waals surface area contributed by atoms with Gasteiger partial charge in [0.25, 0.3) is 0 Å². The predicted octanol–water partition coefficient (Wildman–Crippen LogP) is -4.26. The van der Waals surface area contributed by atoms with Crippen LogP contribution in [0.4, 0.5) is 0 Å². The largest absolute Gasteiger partial charge is 1.00 e. The molecule has 0 saturated heterocycles. The van der Waals surface area contributed by atoms with Crippen LogP contribution in [0.15, 0.2) is 4.42 Å². The number of carboxylic acids is 4. The van der Waals surface area contributed by atoms with E-state index in [2.05, 4.69) is 4.42 Å². The molecule has 9 nitrogen and oxygen atoms in total. The first-order valence-electron chi connectivity index (χ1n) is 3.85. The van der Waals surface area contributed by atoms with E-state index >= 15 is 0 Å². The number of carboxylic acid groups (broad SMARTS) is 4. The van der Waals surface area contributed by atoms with E-state index in [0.29, 0.717) is 0 Å². The molecule has 0 radical (unpaired) electrons. The van der Waals surface area contributed by atoms with Crippen LogP contribution < -0.4 is 34.7 Å². The Morgan fingerprint density at radius 2 is 1.22 bits per heavy atom. The standard InChI is InChI=1S/C8H4O9.Na/c9-5(10)1-2(6(11)12)4(8(15)16)17-3(1)7(13)14;/h(H,9,10)(H,11,12)(H,13,14)(H,15,16);/q;+1/p-1. The van der Waals surface area contributed by atoms with E-state index in [4.69, 9.17) is 15.3 Å². The van der Waals surface area contributed by atoms with Crippen LogP contribution in [0.3, 0.4) is 0 Å². The van der Waals surface area contributed by atoms with Gasteiger partial charge in [0.2, 0.25) is 5.76 Å². The molecule has 1 heterocycles. The number of hydrogen-bond acceptors (Lipinski definition) is 6. The molecule has 0 atom stereocenters. The van der Waals surface area contributed by atoms with Crippen molar-refractivity contribution in [1.29, 1.82) is 0 Å². The second-order valence-electron chi connectivity index (χ2n) is 2.71. The van der Waals surface area contributed by atoms with Crippen molar-refractivity contribution >= 4 is 23.9 Å². The summed E-state index contributed by atoms with van der Waals surface area (Å²) in [4.78, 5) is 42.4. The normalized spacial score (nSPS) is 9.33. The van der Waals surface area contributed by atoms with Gasteiger partial charge in [0.05, 0.1) is 0 Å². The summed E-state index contributed by atoms with van der Waals surface area (Å²) in [6.07, 6.45) is 0. The molecule has 1 rings (SSSR count). The summed E-state index contributed by atoms with van der Waals surface area (Å²) in [6.45, 7) is 0. The van der Waals surface area contributed by atoms with E-state index < -0.39 is 46.5 Å². The number of hydrogen-bond donors (Lipinski definition) is 3. The van der Waals surface area contributed by atoms with Crippen molar-refractivity contribution in [2.24, 2.45) is 0 Å². The number of carbonyl (C=O) groups excluding carboxylic acids is 1. The molecule has 0 bridgehead atoms. The first kappa shape index (κ1) is 16.2. The number of carbonyl (C=O) groups is 4. The monoisotopic (exact) mass is 266 g/mol. The van der Waals surface area contributed by atoms with E-state index in [0.717, 1.165) is 0 Å². The van der Waals surface area contributed by atoms with Crippen LogP contribution in [0.2, 0.25) is 0 Å². The molecule has 1 aromatic heterocycles. The van der Waals surface area contributed by atoms with Gasteiger partial charge in [-0.2, -0.15) is 0 Å². The Bertz CT molecular complexity index is 495. The van der Waals surface area contributed by atoms with Crippen LogP contribution in [0.25, 0.3) is 0 Å². The molecular weight excluding hydrogens is 263 g/mol. The molecular formula is C8H3NaO9. The fourth-order valence-corrected chi connectivity index (χ4v) is 1.13. The Morgan fingerprint density at radius 1 is 0.833 bits per heavy atom. The van der Waals surface area contributed by atoms with Gasteiger partial charge in [-0.25, -0.2) is 14.4 Å². The van der Waals surface area contributed by atoms with E-state index in [-0.39, 0.29) is 29.6 Å². The SMILES string of the molecule is O=C([O-])c1oc(C(=O)O)c(C(=O)O)c1C(=O)O.[Na+]. The Balaban J connectivity index is 0.00000289. The number of furan rings is 1. The van der Waals surface area contributed by atoms with Gasteiger partial charge in [-0.1, -0.05) is 0 Å². The molecule has 0 aliphatic carbocycles. The summed E-state index contributed by atoms with van der Waals surface area (Å²) < 4.78 is 4.17. The van der Waals surface area contributed by atoms with E-state index in [1.165, 1.54) is 0 Å². The van der Waals surface area contributed by atoms with Crippen molar-refractivity contribution in [2.45, 2.75) is 0 Å². The molecule has 18 heavy (non-hydrogen) atoms. The summed E-state index contributed by atoms with van der Waals surface area (Å²) in [5.74, 6) is -10.6. The van der Waals surface area contributed by atoms with Crippen LogP contribution in [-0.2, 0) is 0 Å². The predicted molar refractivity (Wildman–Crippen MR) is 43.9 cm³/mol. The maximum atomic E-state index is 10.7. The molecule has 0 saturated carbocycles. The summed E-state index contributed by atoms with van der Waals surface area (Å²) >= 11 is 0. The Kier molecular flexibility index (Phi) is 5.09. The van der Waals surface area contributed by atoms with E-state index in [1.54, 1.807) is 0 Å². The summed E-state index contributed by atoms with van der Waals surface area (Å²) in [6, 6.07) is 0. The van der Waals surface area contributed by atoms with Crippen LogP contribution in [-0.4, -0.2) is 39.2 Å². The van der Waals surface area contributed by atoms with Crippen molar-refractivity contribution in [3.8, 4) is 0 Å². The fraction of sp³-hybridized carbons (Fsp3) is 0. The van der Waals surface area contributed by atoms with Gasteiger partial charge in [0.15, 0.2) is 5.76 Å². The van der Waals surface area contributed by atoms with Crippen molar-refractivity contribution in [3.05, 3.63) is 22.6 Å². The van der Waals surface area contributed by atoms with Crippen molar-refractivity contribution in [1.82, 2.24) is 0 Å². The maximum Gasteiger partial charge on any atom is 1.00 e. The van der Waals surface area contributed by atoms with Crippen LogP contribution in [0, 0.1) is 0 Å². The van der Waals surface area contributed by atoms with Gasteiger partial charge < -0.3 is 29.6 Å². The molecule has 0 unspecified atom stereocenters. The van der Waals surface area contributed by atoms with Crippen molar-refractivity contribution in [2.75, 3.05) is 0 Å². The van der Waals surface area contributed by atoms with Gasteiger partial charge in [-0.3, -0.25) is 0 Å². The fourth-order valence-electron chi connectivity index (χ4n) is 1.13. The molecule has 90 valence electrons. The second kappa shape index (κ2) is 5.67. The second-order valence-corrected chi connectivity index (χ2v) is 2.71. The summed E-state index contributed by atoms with van der Waals surface area (Å²) in [5, 5.41) is 36.3. The quantitative estimate of drug-likeness (QED) is 0.457. The topological polar surface area (TPSA) is 165 Å². The van der Waals surface area contributed by atoms with E-state index in [1.807, 2.05) is 0 Å². The molecule has 0 aliphatic rings. The third-order valence-electron chi connectivity index (χ3n) is 1.72. The minimum Gasteiger partial charge on any atom is -0.542 e. The zero-order chi connectivity index (χ0) is 13.3. The van der Waals surface area contributed by atoms with E-state index in [9.17, 15) is 24.3 Å². The van der Waals surface area contributed by atoms with Crippen molar-refractivity contribution < 1.29 is 73.6 Å². The Morgan fingerprint density at radius 3 is 1.50 bits per heavy atom. The zero-order valence-electron chi connectivity index (χ0n) is 8.79. The van der Waals surface area contributed by atoms with Crippen molar-refractivity contribution in [3.63, 3.8) is 0 Å². The minimum atomic E-state index is -2.13.